The zero-order valence-electron chi connectivity index (χ0n) is 9.85. The maximum Gasteiger partial charge on any atom is 0.192 e. The fourth-order valence-electron chi connectivity index (χ4n) is 0.932. The first-order valence-electron chi connectivity index (χ1n) is 5.09. The zero-order valence-corrected chi connectivity index (χ0v) is 10.8. The summed E-state index contributed by atoms with van der Waals surface area (Å²) in [6, 6.07) is 4.07. The molecular weight excluding hydrogens is 190 g/mol. The summed E-state index contributed by atoms with van der Waals surface area (Å²) in [6.07, 6.45) is 1.93. The molecule has 0 aliphatic rings. The summed E-state index contributed by atoms with van der Waals surface area (Å²) in [5.41, 5.74) is 1.16. The van der Waals surface area contributed by atoms with Gasteiger partial charge < -0.3 is 9.41 Å². The van der Waals surface area contributed by atoms with Crippen LogP contribution in [0.15, 0.2) is 18.3 Å². The van der Waals surface area contributed by atoms with Gasteiger partial charge >= 0.3 is 0 Å². The van der Waals surface area contributed by atoms with Crippen LogP contribution in [0.5, 0.6) is 0 Å². The smallest absolute Gasteiger partial charge is 0.192 e. The molecule has 2 nitrogen and oxygen atoms in total. The molecule has 1 N–H and O–H groups in total. The Morgan fingerprint density at radius 3 is 2.43 bits per heavy atom. The Kier molecular flexibility index (Phi) is 3.22. The highest BCUT2D eigenvalue weighted by Crippen LogP contribution is 2.36. The van der Waals surface area contributed by atoms with Gasteiger partial charge in [-0.15, -0.1) is 0 Å². The summed E-state index contributed by atoms with van der Waals surface area (Å²) in [7, 11) is -1.58. The van der Waals surface area contributed by atoms with E-state index in [1.165, 1.54) is 0 Å². The molecular formula is C11H21NOSi. The molecule has 1 aromatic rings. The van der Waals surface area contributed by atoms with Gasteiger partial charge in [0.2, 0.25) is 0 Å². The topological polar surface area (TPSA) is 25.0 Å². The van der Waals surface area contributed by atoms with Crippen molar-refractivity contribution in [3.63, 3.8) is 0 Å². The summed E-state index contributed by atoms with van der Waals surface area (Å²) in [4.78, 5) is 3.16. The van der Waals surface area contributed by atoms with Gasteiger partial charge in [-0.1, -0.05) is 20.8 Å². The average molecular weight is 211 g/mol. The number of aromatic nitrogens is 1. The number of rotatable bonds is 3. The molecule has 14 heavy (non-hydrogen) atoms. The monoisotopic (exact) mass is 211 g/mol. The Balaban J connectivity index is 2.53. The van der Waals surface area contributed by atoms with Crippen molar-refractivity contribution in [2.45, 2.75) is 45.5 Å². The van der Waals surface area contributed by atoms with Gasteiger partial charge in [0.25, 0.3) is 0 Å². The molecule has 0 bridgehead atoms. The van der Waals surface area contributed by atoms with Crippen LogP contribution in [0.4, 0.5) is 0 Å². The second-order valence-electron chi connectivity index (χ2n) is 5.24. The maximum atomic E-state index is 6.05. The highest BCUT2D eigenvalue weighted by molar-refractivity contribution is 6.74. The van der Waals surface area contributed by atoms with Gasteiger partial charge in [0, 0.05) is 11.9 Å². The fraction of sp³-hybridized carbons (Fsp3) is 0.636. The molecule has 0 unspecified atom stereocenters. The quantitative estimate of drug-likeness (QED) is 0.760. The van der Waals surface area contributed by atoms with Gasteiger partial charge in [-0.2, -0.15) is 0 Å². The highest BCUT2D eigenvalue weighted by Gasteiger charge is 2.36. The molecule has 0 fully saturated rings. The Morgan fingerprint density at radius 2 is 2.00 bits per heavy atom. The van der Waals surface area contributed by atoms with E-state index in [4.69, 9.17) is 4.43 Å². The molecule has 0 saturated heterocycles. The molecule has 80 valence electrons. The molecule has 1 heterocycles. The molecule has 3 heteroatoms. The summed E-state index contributed by atoms with van der Waals surface area (Å²) in [5, 5.41) is 0.291. The number of nitrogens with one attached hydrogen (secondary N) is 1. The normalized spacial score (nSPS) is 13.2. The minimum absolute atomic E-state index is 0.291. The molecule has 1 aromatic heterocycles. The molecule has 1 rings (SSSR count). The molecule has 0 spiro atoms. The molecule has 0 atom stereocenters. The number of hydrogen-bond acceptors (Lipinski definition) is 1. The Morgan fingerprint density at radius 1 is 1.36 bits per heavy atom. The van der Waals surface area contributed by atoms with Crippen molar-refractivity contribution in [3.05, 3.63) is 24.0 Å². The number of H-pyrrole nitrogens is 1. The van der Waals surface area contributed by atoms with E-state index in [9.17, 15) is 0 Å². The predicted molar refractivity (Wildman–Crippen MR) is 62.8 cm³/mol. The fourth-order valence-corrected chi connectivity index (χ4v) is 1.88. The second-order valence-corrected chi connectivity index (χ2v) is 10.1. The van der Waals surface area contributed by atoms with Gasteiger partial charge in [0.05, 0.1) is 6.61 Å². The Bertz CT molecular complexity index is 272. The third-order valence-electron chi connectivity index (χ3n) is 3.06. The summed E-state index contributed by atoms with van der Waals surface area (Å²) < 4.78 is 6.05. The zero-order chi connectivity index (χ0) is 10.8. The van der Waals surface area contributed by atoms with Gasteiger partial charge in [0.15, 0.2) is 8.32 Å². The Hall–Kier alpha value is -0.543. The number of aromatic amines is 1. The van der Waals surface area contributed by atoms with Gasteiger partial charge in [-0.05, 0) is 30.3 Å². The van der Waals surface area contributed by atoms with Crippen LogP contribution in [0, 0.1) is 0 Å². The van der Waals surface area contributed by atoms with E-state index < -0.39 is 8.32 Å². The van der Waals surface area contributed by atoms with Gasteiger partial charge in [-0.25, -0.2) is 0 Å². The van der Waals surface area contributed by atoms with E-state index in [1.54, 1.807) is 0 Å². The minimum Gasteiger partial charge on any atom is -0.411 e. The average Bonchev–Trinajstić information content (AvgIpc) is 2.50. The van der Waals surface area contributed by atoms with Gasteiger partial charge in [0.1, 0.15) is 0 Å². The second kappa shape index (κ2) is 3.91. The Labute approximate surface area is 87.8 Å². The lowest BCUT2D eigenvalue weighted by atomic mass is 10.2. The molecule has 0 amide bonds. The summed E-state index contributed by atoms with van der Waals surface area (Å²) in [5.74, 6) is 0. The standard InChI is InChI=1S/C11H21NOSi/c1-11(2,3)14(4,5)13-9-10-7-6-8-12-10/h6-8,12H,9H2,1-5H3. The van der Waals surface area contributed by atoms with Crippen molar-refractivity contribution in [2.24, 2.45) is 0 Å². The molecule has 0 saturated carbocycles. The van der Waals surface area contributed by atoms with E-state index in [0.717, 1.165) is 5.69 Å². The van der Waals surface area contributed by atoms with Crippen LogP contribution in [0.1, 0.15) is 26.5 Å². The lowest BCUT2D eigenvalue weighted by molar-refractivity contribution is 0.272. The van der Waals surface area contributed by atoms with Crippen molar-refractivity contribution in [1.29, 1.82) is 0 Å². The van der Waals surface area contributed by atoms with Crippen molar-refractivity contribution in [2.75, 3.05) is 0 Å². The van der Waals surface area contributed by atoms with Crippen LogP contribution in [0.3, 0.4) is 0 Å². The highest BCUT2D eigenvalue weighted by atomic mass is 28.4. The maximum absolute atomic E-state index is 6.05. The van der Waals surface area contributed by atoms with Crippen molar-refractivity contribution >= 4 is 8.32 Å². The van der Waals surface area contributed by atoms with Crippen molar-refractivity contribution < 1.29 is 4.43 Å². The third kappa shape index (κ3) is 2.72. The first-order valence-corrected chi connectivity index (χ1v) is 8.00. The molecule has 0 aromatic carbocycles. The number of hydrogen-bond donors (Lipinski definition) is 1. The van der Waals surface area contributed by atoms with E-state index >= 15 is 0 Å². The van der Waals surface area contributed by atoms with Crippen molar-refractivity contribution in [3.8, 4) is 0 Å². The lowest BCUT2D eigenvalue weighted by Gasteiger charge is -2.36. The molecule has 0 aliphatic heterocycles. The molecule has 0 radical (unpaired) electrons. The van der Waals surface area contributed by atoms with E-state index in [-0.39, 0.29) is 0 Å². The van der Waals surface area contributed by atoms with Crippen LogP contribution in [0.25, 0.3) is 0 Å². The third-order valence-corrected chi connectivity index (χ3v) is 7.54. The molecule has 0 aliphatic carbocycles. The SMILES string of the molecule is CC(C)(C)[Si](C)(C)OCc1ccc[nH]1. The van der Waals surface area contributed by atoms with E-state index in [0.29, 0.717) is 11.6 Å². The van der Waals surface area contributed by atoms with Gasteiger partial charge in [-0.3, -0.25) is 0 Å². The van der Waals surface area contributed by atoms with E-state index in [2.05, 4.69) is 44.9 Å². The van der Waals surface area contributed by atoms with Crippen LogP contribution in [-0.4, -0.2) is 13.3 Å². The summed E-state index contributed by atoms with van der Waals surface area (Å²) >= 11 is 0. The summed E-state index contributed by atoms with van der Waals surface area (Å²) in [6.45, 7) is 12.0. The van der Waals surface area contributed by atoms with E-state index in [1.807, 2.05) is 12.3 Å². The first kappa shape index (κ1) is 11.5. The van der Waals surface area contributed by atoms with Crippen LogP contribution in [-0.2, 0) is 11.0 Å². The first-order chi connectivity index (χ1) is 6.33. The predicted octanol–water partition coefficient (Wildman–Crippen LogP) is 3.54. The van der Waals surface area contributed by atoms with Crippen LogP contribution in [0.2, 0.25) is 18.1 Å². The van der Waals surface area contributed by atoms with Crippen LogP contribution >= 0.6 is 0 Å². The van der Waals surface area contributed by atoms with Crippen LogP contribution < -0.4 is 0 Å². The van der Waals surface area contributed by atoms with Crippen molar-refractivity contribution in [1.82, 2.24) is 4.98 Å². The largest absolute Gasteiger partial charge is 0.411 e. The minimum atomic E-state index is -1.58. The lowest BCUT2D eigenvalue weighted by Crippen LogP contribution is -2.40.